The number of pyridine rings is 1. The number of aromatic nitrogens is 2. The molecule has 4 aromatic rings. The molecule has 2 heterocycles. The van der Waals surface area contributed by atoms with E-state index in [0.29, 0.717) is 24.4 Å². The van der Waals surface area contributed by atoms with Crippen LogP contribution >= 0.6 is 0 Å². The summed E-state index contributed by atoms with van der Waals surface area (Å²) in [4.78, 5) is 33.5. The van der Waals surface area contributed by atoms with Crippen molar-refractivity contribution in [3.05, 3.63) is 95.8 Å². The van der Waals surface area contributed by atoms with Gasteiger partial charge in [0.1, 0.15) is 12.4 Å². The van der Waals surface area contributed by atoms with Gasteiger partial charge in [0, 0.05) is 29.6 Å². The third-order valence-corrected chi connectivity index (χ3v) is 6.35. The van der Waals surface area contributed by atoms with Crippen LogP contribution < -0.4 is 10.6 Å². The Morgan fingerprint density at radius 3 is 2.51 bits per heavy atom. The van der Waals surface area contributed by atoms with Gasteiger partial charge in [-0.15, -0.1) is 0 Å². The van der Waals surface area contributed by atoms with Crippen LogP contribution in [0.1, 0.15) is 41.9 Å². The molecule has 0 saturated heterocycles. The summed E-state index contributed by atoms with van der Waals surface area (Å²) >= 11 is 0. The number of benzene rings is 2. The van der Waals surface area contributed by atoms with Crippen molar-refractivity contribution in [2.75, 3.05) is 17.2 Å². The molecular formula is C30H30N4O3. The summed E-state index contributed by atoms with van der Waals surface area (Å²) < 4.78 is 5.55. The molecule has 1 aliphatic carbocycles. The van der Waals surface area contributed by atoms with Gasteiger partial charge in [0.25, 0.3) is 5.91 Å². The summed E-state index contributed by atoms with van der Waals surface area (Å²) in [5, 5.41) is 6.28. The Morgan fingerprint density at radius 2 is 1.76 bits per heavy atom. The zero-order valence-electron chi connectivity index (χ0n) is 21.0. The first-order valence-corrected chi connectivity index (χ1v) is 12.4. The Labute approximate surface area is 216 Å². The zero-order chi connectivity index (χ0) is 25.8. The van der Waals surface area contributed by atoms with Gasteiger partial charge in [-0.25, -0.2) is 4.98 Å². The van der Waals surface area contributed by atoms with Crippen LogP contribution in [0.2, 0.25) is 0 Å². The van der Waals surface area contributed by atoms with Crippen LogP contribution in [-0.2, 0) is 22.6 Å². The van der Waals surface area contributed by atoms with E-state index in [0.717, 1.165) is 40.3 Å². The summed E-state index contributed by atoms with van der Waals surface area (Å²) in [7, 11) is 0. The van der Waals surface area contributed by atoms with Crippen molar-refractivity contribution in [3.63, 3.8) is 0 Å². The smallest absolute Gasteiger partial charge is 0.251 e. The monoisotopic (exact) mass is 494 g/mol. The van der Waals surface area contributed by atoms with Gasteiger partial charge in [0.15, 0.2) is 5.78 Å². The number of rotatable bonds is 8. The zero-order valence-corrected chi connectivity index (χ0v) is 21.0. The highest BCUT2D eigenvalue weighted by molar-refractivity contribution is 6.08. The minimum Gasteiger partial charge on any atom is -0.367 e. The molecular weight excluding hydrogens is 464 g/mol. The van der Waals surface area contributed by atoms with Crippen LogP contribution in [-0.4, -0.2) is 28.3 Å². The van der Waals surface area contributed by atoms with Gasteiger partial charge < -0.3 is 20.4 Å². The lowest BCUT2D eigenvalue weighted by molar-refractivity contribution is -0.121. The predicted octanol–water partition coefficient (Wildman–Crippen LogP) is 6.13. The number of carbonyl (C=O) groups excluding carboxylic acids is 2. The summed E-state index contributed by atoms with van der Waals surface area (Å²) in [6.07, 6.45) is 2.90. The summed E-state index contributed by atoms with van der Waals surface area (Å²) in [6.45, 7) is 4.49. The molecule has 0 bridgehead atoms. The highest BCUT2D eigenvalue weighted by atomic mass is 16.5. The molecule has 7 heteroatoms. The van der Waals surface area contributed by atoms with E-state index in [4.69, 9.17) is 4.74 Å². The maximum atomic E-state index is 13.2. The first-order chi connectivity index (χ1) is 17.9. The molecule has 7 nitrogen and oxygen atoms in total. The van der Waals surface area contributed by atoms with Gasteiger partial charge in [0.05, 0.1) is 23.6 Å². The molecule has 0 radical (unpaired) electrons. The number of amides is 1. The van der Waals surface area contributed by atoms with E-state index >= 15 is 0 Å². The minimum atomic E-state index is -0.286. The number of nitrogens with one attached hydrogen (secondary N) is 3. The molecule has 2 aromatic carbocycles. The molecule has 0 spiro atoms. The molecule has 188 valence electrons. The van der Waals surface area contributed by atoms with Crippen LogP contribution in [0.3, 0.4) is 0 Å². The fourth-order valence-corrected chi connectivity index (χ4v) is 4.73. The summed E-state index contributed by atoms with van der Waals surface area (Å²) in [5.74, 6) is 0.243. The summed E-state index contributed by atoms with van der Waals surface area (Å²) in [6, 6.07) is 23.2. The second kappa shape index (κ2) is 10.4. The van der Waals surface area contributed by atoms with Crippen molar-refractivity contribution in [1.29, 1.82) is 0 Å². The fourth-order valence-electron chi connectivity index (χ4n) is 4.73. The van der Waals surface area contributed by atoms with E-state index in [2.05, 4.69) is 34.4 Å². The number of anilines is 3. The van der Waals surface area contributed by atoms with Crippen LogP contribution in [0.25, 0.3) is 11.3 Å². The number of ketones is 1. The van der Waals surface area contributed by atoms with Crippen molar-refractivity contribution < 1.29 is 14.3 Å². The van der Waals surface area contributed by atoms with Crippen molar-refractivity contribution in [1.82, 2.24) is 9.97 Å². The van der Waals surface area contributed by atoms with Gasteiger partial charge in [-0.2, -0.15) is 0 Å². The molecule has 37 heavy (non-hydrogen) atoms. The Balaban J connectivity index is 1.39. The third-order valence-electron chi connectivity index (χ3n) is 6.35. The second-order valence-corrected chi connectivity index (χ2v) is 10.1. The number of fused-ring (bicyclic) bond motifs is 1. The number of hydrogen-bond donors (Lipinski definition) is 3. The van der Waals surface area contributed by atoms with Gasteiger partial charge in [-0.05, 0) is 41.7 Å². The van der Waals surface area contributed by atoms with Gasteiger partial charge in [0.2, 0.25) is 0 Å². The molecule has 0 fully saturated rings. The molecule has 1 aliphatic rings. The number of Topliss-reactive ketones (excluding diaryl/α,β-unsaturated/α-hetero) is 1. The Bertz CT molecular complexity index is 1410. The van der Waals surface area contributed by atoms with E-state index in [9.17, 15) is 9.59 Å². The van der Waals surface area contributed by atoms with Crippen LogP contribution in [0.15, 0.2) is 79.0 Å². The lowest BCUT2D eigenvalue weighted by Crippen LogP contribution is -2.26. The van der Waals surface area contributed by atoms with E-state index in [1.807, 2.05) is 66.7 Å². The largest absolute Gasteiger partial charge is 0.367 e. The van der Waals surface area contributed by atoms with Gasteiger partial charge in [-0.3, -0.25) is 9.59 Å². The van der Waals surface area contributed by atoms with Crippen LogP contribution in [0, 0.1) is 5.41 Å². The molecule has 0 aliphatic heterocycles. The van der Waals surface area contributed by atoms with Crippen molar-refractivity contribution >= 4 is 28.9 Å². The number of H-pyrrole nitrogens is 1. The average Bonchev–Trinajstić information content (AvgIpc) is 3.22. The quantitative estimate of drug-likeness (QED) is 0.274. The molecule has 3 N–H and O–H groups in total. The molecule has 1 amide bonds. The first-order valence-electron chi connectivity index (χ1n) is 12.4. The first kappa shape index (κ1) is 24.5. The van der Waals surface area contributed by atoms with Crippen LogP contribution in [0.4, 0.5) is 17.2 Å². The highest BCUT2D eigenvalue weighted by Gasteiger charge is 2.35. The average molecular weight is 495 g/mol. The summed E-state index contributed by atoms with van der Waals surface area (Å²) in [5.41, 5.74) is 5.75. The SMILES string of the molecule is CC1(C)CC(=O)c2c([nH]c(-c3ccnc(NC(=O)COCc4ccccc4)c3)c2Nc2ccccc2)C1. The standard InChI is InChI=1S/C30H30N4O3/c1-30(2)16-23-27(24(35)17-30)29(32-22-11-7-4-8-12-22)28(33-23)21-13-14-31-25(15-21)34-26(36)19-37-18-20-9-5-3-6-10-20/h3-15,32-33H,16-19H2,1-2H3,(H,31,34,36). The maximum Gasteiger partial charge on any atom is 0.251 e. The van der Waals surface area contributed by atoms with E-state index in [1.165, 1.54) is 0 Å². The molecule has 0 saturated carbocycles. The number of nitrogens with zero attached hydrogens (tertiary/aromatic N) is 1. The maximum absolute atomic E-state index is 13.2. The molecule has 5 rings (SSSR count). The van der Waals surface area contributed by atoms with Gasteiger partial charge >= 0.3 is 0 Å². The topological polar surface area (TPSA) is 96.1 Å². The number of ether oxygens (including phenoxy) is 1. The lowest BCUT2D eigenvalue weighted by atomic mass is 9.76. The Hall–Kier alpha value is -4.23. The number of carbonyl (C=O) groups is 2. The number of hydrogen-bond acceptors (Lipinski definition) is 5. The Kier molecular flexibility index (Phi) is 6.88. The minimum absolute atomic E-state index is 0.0814. The molecule has 2 aromatic heterocycles. The van der Waals surface area contributed by atoms with Gasteiger partial charge in [-0.1, -0.05) is 62.4 Å². The number of para-hydroxylation sites is 1. The molecule has 0 atom stereocenters. The van der Waals surface area contributed by atoms with Crippen molar-refractivity contribution in [2.45, 2.75) is 33.3 Å². The van der Waals surface area contributed by atoms with E-state index in [-0.39, 0.29) is 23.7 Å². The predicted molar refractivity (Wildman–Crippen MR) is 145 cm³/mol. The van der Waals surface area contributed by atoms with Crippen molar-refractivity contribution in [2.24, 2.45) is 5.41 Å². The molecule has 0 unspecified atom stereocenters. The second-order valence-electron chi connectivity index (χ2n) is 10.1. The van der Waals surface area contributed by atoms with E-state index in [1.54, 1.807) is 12.3 Å². The fraction of sp³-hybridized carbons (Fsp3) is 0.233. The number of aromatic amines is 1. The normalized spacial score (nSPS) is 14.2. The van der Waals surface area contributed by atoms with Crippen molar-refractivity contribution in [3.8, 4) is 11.3 Å². The van der Waals surface area contributed by atoms with Crippen LogP contribution in [0.5, 0.6) is 0 Å². The third kappa shape index (κ3) is 5.78. The Morgan fingerprint density at radius 1 is 1.03 bits per heavy atom. The van der Waals surface area contributed by atoms with E-state index < -0.39 is 0 Å². The lowest BCUT2D eigenvalue weighted by Gasteiger charge is -2.28. The highest BCUT2D eigenvalue weighted by Crippen LogP contribution is 2.43.